The van der Waals surface area contributed by atoms with Gasteiger partial charge in [-0.05, 0) is 24.6 Å². The van der Waals surface area contributed by atoms with Crippen LogP contribution in [0.2, 0.25) is 0 Å². The molecule has 0 saturated carbocycles. The van der Waals surface area contributed by atoms with Gasteiger partial charge in [-0.15, -0.1) is 0 Å². The highest BCUT2D eigenvalue weighted by molar-refractivity contribution is 5.59. The van der Waals surface area contributed by atoms with E-state index < -0.39 is 0 Å². The molecule has 1 aliphatic heterocycles. The zero-order valence-electron chi connectivity index (χ0n) is 12.2. The highest BCUT2D eigenvalue weighted by Gasteiger charge is 2.24. The van der Waals surface area contributed by atoms with Gasteiger partial charge in [0.05, 0.1) is 23.4 Å². The highest BCUT2D eigenvalue weighted by atomic mass is 19.1. The lowest BCUT2D eigenvalue weighted by molar-refractivity contribution is 0.211. The Labute approximate surface area is 125 Å². The molecule has 0 spiro atoms. The Morgan fingerprint density at radius 2 is 1.95 bits per heavy atom. The van der Waals surface area contributed by atoms with Gasteiger partial charge in [-0.25, -0.2) is 4.39 Å². The fourth-order valence-corrected chi connectivity index (χ4v) is 2.75. The molecule has 1 heterocycles. The van der Waals surface area contributed by atoms with Gasteiger partial charge in [0, 0.05) is 26.2 Å². The fraction of sp³-hybridized carbons (Fsp3) is 0.500. The number of hydrogen-bond acceptors (Lipinski definition) is 4. The minimum atomic E-state index is -0.388. The third kappa shape index (κ3) is 3.51. The SMILES string of the molecule is CCCC(C#N)N1CCN(c2ccc(F)cc2C#N)CC1. The van der Waals surface area contributed by atoms with Crippen molar-refractivity contribution in [3.8, 4) is 12.1 Å². The highest BCUT2D eigenvalue weighted by Crippen LogP contribution is 2.23. The predicted octanol–water partition coefficient (Wildman–Crippen LogP) is 2.51. The smallest absolute Gasteiger partial charge is 0.124 e. The Hall–Kier alpha value is -2.11. The third-order valence-electron chi connectivity index (χ3n) is 3.89. The molecule has 1 aromatic carbocycles. The van der Waals surface area contributed by atoms with Crippen LogP contribution in [0.4, 0.5) is 10.1 Å². The molecule has 4 nitrogen and oxygen atoms in total. The Morgan fingerprint density at radius 1 is 1.24 bits per heavy atom. The molecule has 0 radical (unpaired) electrons. The van der Waals surface area contributed by atoms with Crippen LogP contribution in [0.25, 0.3) is 0 Å². The number of hydrogen-bond donors (Lipinski definition) is 0. The van der Waals surface area contributed by atoms with Crippen LogP contribution in [0.15, 0.2) is 18.2 Å². The van der Waals surface area contributed by atoms with E-state index >= 15 is 0 Å². The summed E-state index contributed by atoms with van der Waals surface area (Å²) < 4.78 is 13.2. The largest absolute Gasteiger partial charge is 0.368 e. The summed E-state index contributed by atoms with van der Waals surface area (Å²) in [6.45, 7) is 5.17. The lowest BCUT2D eigenvalue weighted by atomic mass is 10.1. The summed E-state index contributed by atoms with van der Waals surface area (Å²) >= 11 is 0. The van der Waals surface area contributed by atoms with Crippen LogP contribution in [-0.4, -0.2) is 37.1 Å². The van der Waals surface area contributed by atoms with E-state index in [2.05, 4.69) is 28.9 Å². The molecule has 5 heteroatoms. The molecule has 0 amide bonds. The molecule has 110 valence electrons. The molecule has 0 N–H and O–H groups in total. The Morgan fingerprint density at radius 3 is 2.52 bits per heavy atom. The molecule has 1 aliphatic rings. The van der Waals surface area contributed by atoms with Gasteiger partial charge in [-0.3, -0.25) is 4.90 Å². The molecule has 1 aromatic rings. The average molecular weight is 286 g/mol. The van der Waals surface area contributed by atoms with Crippen molar-refractivity contribution < 1.29 is 4.39 Å². The number of halogens is 1. The molecule has 1 fully saturated rings. The third-order valence-corrected chi connectivity index (χ3v) is 3.89. The monoisotopic (exact) mass is 286 g/mol. The van der Waals surface area contributed by atoms with Gasteiger partial charge >= 0.3 is 0 Å². The number of benzene rings is 1. The number of rotatable bonds is 4. The van der Waals surface area contributed by atoms with Crippen LogP contribution in [0.5, 0.6) is 0 Å². The molecular weight excluding hydrogens is 267 g/mol. The molecular formula is C16H19FN4. The van der Waals surface area contributed by atoms with Crippen molar-refractivity contribution in [3.05, 3.63) is 29.6 Å². The van der Waals surface area contributed by atoms with Gasteiger partial charge in [-0.1, -0.05) is 13.3 Å². The van der Waals surface area contributed by atoms with Crippen LogP contribution in [-0.2, 0) is 0 Å². The number of nitrogens with zero attached hydrogens (tertiary/aromatic N) is 4. The lowest BCUT2D eigenvalue weighted by Gasteiger charge is -2.38. The number of anilines is 1. The average Bonchev–Trinajstić information content (AvgIpc) is 2.52. The first kappa shape index (κ1) is 15.3. The fourth-order valence-electron chi connectivity index (χ4n) is 2.75. The maximum absolute atomic E-state index is 13.2. The minimum Gasteiger partial charge on any atom is -0.368 e. The van der Waals surface area contributed by atoms with Gasteiger partial charge < -0.3 is 4.90 Å². The zero-order valence-corrected chi connectivity index (χ0v) is 12.2. The molecule has 21 heavy (non-hydrogen) atoms. The second-order valence-corrected chi connectivity index (χ2v) is 5.23. The summed E-state index contributed by atoms with van der Waals surface area (Å²) in [5.74, 6) is -0.388. The first-order valence-corrected chi connectivity index (χ1v) is 7.27. The normalized spacial score (nSPS) is 17.0. The molecule has 2 rings (SSSR count). The summed E-state index contributed by atoms with van der Waals surface area (Å²) in [7, 11) is 0. The molecule has 0 bridgehead atoms. The standard InChI is InChI=1S/C16H19FN4/c1-2-3-15(12-19)20-6-8-21(9-7-20)16-5-4-14(17)10-13(16)11-18/h4-5,10,15H,2-3,6-9H2,1H3. The van der Waals surface area contributed by atoms with Crippen molar-refractivity contribution in [2.45, 2.75) is 25.8 Å². The second-order valence-electron chi connectivity index (χ2n) is 5.23. The van der Waals surface area contributed by atoms with Crippen LogP contribution < -0.4 is 4.90 Å². The molecule has 0 aliphatic carbocycles. The first-order chi connectivity index (χ1) is 10.2. The Bertz CT molecular complexity index is 565. The van der Waals surface area contributed by atoms with Gasteiger partial charge in [0.2, 0.25) is 0 Å². The lowest BCUT2D eigenvalue weighted by Crippen LogP contribution is -2.50. The van der Waals surface area contributed by atoms with Crippen LogP contribution in [0, 0.1) is 28.5 Å². The van der Waals surface area contributed by atoms with Gasteiger partial charge in [0.15, 0.2) is 0 Å². The molecule has 1 saturated heterocycles. The maximum atomic E-state index is 13.2. The van der Waals surface area contributed by atoms with E-state index in [1.807, 2.05) is 0 Å². The second kappa shape index (κ2) is 7.06. The summed E-state index contributed by atoms with van der Waals surface area (Å²) in [4.78, 5) is 4.28. The van der Waals surface area contributed by atoms with E-state index in [0.29, 0.717) is 5.56 Å². The van der Waals surface area contributed by atoms with Crippen molar-refractivity contribution in [1.29, 1.82) is 10.5 Å². The van der Waals surface area contributed by atoms with Gasteiger partial charge in [0.25, 0.3) is 0 Å². The van der Waals surface area contributed by atoms with E-state index in [1.165, 1.54) is 12.1 Å². The first-order valence-electron chi connectivity index (χ1n) is 7.27. The summed E-state index contributed by atoms with van der Waals surface area (Å²) in [6, 6.07) is 8.71. The summed E-state index contributed by atoms with van der Waals surface area (Å²) in [6.07, 6.45) is 1.88. The van der Waals surface area contributed by atoms with Crippen LogP contribution in [0.1, 0.15) is 25.3 Å². The van der Waals surface area contributed by atoms with Crippen molar-refractivity contribution in [3.63, 3.8) is 0 Å². The summed E-state index contributed by atoms with van der Waals surface area (Å²) in [5.41, 5.74) is 1.15. The topological polar surface area (TPSA) is 54.1 Å². The quantitative estimate of drug-likeness (QED) is 0.853. The van der Waals surface area contributed by atoms with Crippen LogP contribution in [0.3, 0.4) is 0 Å². The minimum absolute atomic E-state index is 0.0270. The van der Waals surface area contributed by atoms with Crippen molar-refractivity contribution in [2.75, 3.05) is 31.1 Å². The van der Waals surface area contributed by atoms with E-state index in [-0.39, 0.29) is 11.9 Å². The molecule has 0 aromatic heterocycles. The van der Waals surface area contributed by atoms with Crippen LogP contribution >= 0.6 is 0 Å². The van der Waals surface area contributed by atoms with Crippen molar-refractivity contribution in [1.82, 2.24) is 4.90 Å². The molecule has 1 unspecified atom stereocenters. The maximum Gasteiger partial charge on any atom is 0.124 e. The van der Waals surface area contributed by atoms with Crippen molar-refractivity contribution >= 4 is 5.69 Å². The van der Waals surface area contributed by atoms with E-state index in [0.717, 1.165) is 44.7 Å². The number of nitriles is 2. The van der Waals surface area contributed by atoms with E-state index in [4.69, 9.17) is 5.26 Å². The Kier molecular flexibility index (Phi) is 5.14. The Balaban J connectivity index is 2.05. The van der Waals surface area contributed by atoms with E-state index in [9.17, 15) is 9.65 Å². The van der Waals surface area contributed by atoms with E-state index in [1.54, 1.807) is 6.07 Å². The summed E-state index contributed by atoms with van der Waals surface area (Å²) in [5, 5.41) is 18.3. The molecule has 1 atom stereocenters. The van der Waals surface area contributed by atoms with Gasteiger partial charge in [0.1, 0.15) is 11.9 Å². The zero-order chi connectivity index (χ0) is 15.2. The van der Waals surface area contributed by atoms with Gasteiger partial charge in [-0.2, -0.15) is 10.5 Å². The van der Waals surface area contributed by atoms with Crippen molar-refractivity contribution in [2.24, 2.45) is 0 Å². The predicted molar refractivity (Wildman–Crippen MR) is 79.2 cm³/mol. The number of piperazine rings is 1.